The van der Waals surface area contributed by atoms with Crippen molar-refractivity contribution in [3.63, 3.8) is 0 Å². The van der Waals surface area contributed by atoms with Crippen molar-refractivity contribution in [3.8, 4) is 23.0 Å². The van der Waals surface area contributed by atoms with Crippen LogP contribution in [0.5, 0.6) is 23.0 Å². The van der Waals surface area contributed by atoms with Crippen molar-refractivity contribution < 1.29 is 32.5 Å². The van der Waals surface area contributed by atoms with Gasteiger partial charge >= 0.3 is 5.92 Å². The summed E-state index contributed by atoms with van der Waals surface area (Å²) in [6.45, 7) is 5.82. The van der Waals surface area contributed by atoms with E-state index in [0.717, 1.165) is 30.1 Å². The van der Waals surface area contributed by atoms with Gasteiger partial charge in [0.25, 0.3) is 5.91 Å². The van der Waals surface area contributed by atoms with Crippen LogP contribution in [0.4, 0.5) is 8.78 Å². The Labute approximate surface area is 197 Å². The van der Waals surface area contributed by atoms with Gasteiger partial charge in [-0.2, -0.15) is 8.78 Å². The Morgan fingerprint density at radius 1 is 0.853 bits per heavy atom. The van der Waals surface area contributed by atoms with E-state index in [0.29, 0.717) is 32.2 Å². The number of carbonyl (C=O) groups is 1. The van der Waals surface area contributed by atoms with Crippen molar-refractivity contribution in [2.24, 2.45) is 5.73 Å². The molecule has 0 radical (unpaired) electrons. The van der Waals surface area contributed by atoms with Gasteiger partial charge in [-0.1, -0.05) is 6.07 Å². The Morgan fingerprint density at radius 2 is 1.41 bits per heavy atom. The summed E-state index contributed by atoms with van der Waals surface area (Å²) in [5.74, 6) is -3.00. The molecule has 184 valence electrons. The lowest BCUT2D eigenvalue weighted by Crippen LogP contribution is -2.33. The largest absolute Gasteiger partial charge is 0.486 e. The van der Waals surface area contributed by atoms with E-state index < -0.39 is 17.4 Å². The van der Waals surface area contributed by atoms with Crippen molar-refractivity contribution >= 4 is 5.91 Å². The van der Waals surface area contributed by atoms with Crippen molar-refractivity contribution in [2.75, 3.05) is 46.1 Å². The van der Waals surface area contributed by atoms with Crippen molar-refractivity contribution in [1.82, 2.24) is 4.90 Å². The lowest BCUT2D eigenvalue weighted by molar-refractivity contribution is -0.143. The van der Waals surface area contributed by atoms with Crippen LogP contribution in [0.1, 0.15) is 30.4 Å². The minimum atomic E-state index is -3.70. The average Bonchev–Trinajstić information content (AvgIpc) is 3.37. The third-order valence-electron chi connectivity index (χ3n) is 5.96. The number of primary amides is 1. The standard InChI is InChI=1S/C15H21NO2.C10H9F2NO3/c1-2-8-16(7-1)9-3-4-13-5-6-14-15(12-13)18-11-10-17-14;11-10(12,9(13)14)6-1-2-7-8(5-6)16-4-3-15-7/h5-6,12H,1-4,7-11H2;1-2,5H,3-4H2,(H2,13,14). The van der Waals surface area contributed by atoms with Crippen LogP contribution in [0.2, 0.25) is 0 Å². The number of alkyl halides is 2. The van der Waals surface area contributed by atoms with E-state index in [2.05, 4.69) is 22.8 Å². The molecule has 2 aromatic carbocycles. The Hall–Kier alpha value is -3.07. The molecule has 3 aliphatic rings. The van der Waals surface area contributed by atoms with Crippen molar-refractivity contribution in [2.45, 2.75) is 31.6 Å². The SMILES string of the molecule is NC(=O)C(F)(F)c1ccc2c(c1)OCCO2.c1cc2c(cc1CCCN1CCCC1)OCCO2. The molecule has 1 amide bonds. The predicted molar refractivity (Wildman–Crippen MR) is 122 cm³/mol. The molecule has 2 aromatic rings. The quantitative estimate of drug-likeness (QED) is 0.687. The van der Waals surface area contributed by atoms with Gasteiger partial charge in [0.1, 0.15) is 26.4 Å². The zero-order valence-corrected chi connectivity index (χ0v) is 19.1. The van der Waals surface area contributed by atoms with E-state index >= 15 is 0 Å². The number of carbonyl (C=O) groups excluding carboxylic acids is 1. The molecular formula is C25H30F2N2O5. The van der Waals surface area contributed by atoms with Gasteiger partial charge < -0.3 is 29.6 Å². The van der Waals surface area contributed by atoms with Crippen LogP contribution in [0.15, 0.2) is 36.4 Å². The molecule has 7 nitrogen and oxygen atoms in total. The van der Waals surface area contributed by atoms with Gasteiger partial charge in [-0.05, 0) is 81.2 Å². The van der Waals surface area contributed by atoms with Gasteiger partial charge in [0.05, 0.1) is 0 Å². The number of nitrogens with zero attached hydrogens (tertiary/aromatic N) is 1. The fourth-order valence-electron chi connectivity index (χ4n) is 4.14. The minimum absolute atomic E-state index is 0.199. The Kier molecular flexibility index (Phi) is 7.72. The minimum Gasteiger partial charge on any atom is -0.486 e. The third kappa shape index (κ3) is 5.88. The fraction of sp³-hybridized carbons (Fsp3) is 0.480. The number of benzene rings is 2. The molecular weight excluding hydrogens is 446 g/mol. The molecule has 9 heteroatoms. The monoisotopic (exact) mass is 476 g/mol. The number of rotatable bonds is 6. The second-order valence-corrected chi connectivity index (χ2v) is 8.43. The molecule has 0 spiro atoms. The number of ether oxygens (including phenoxy) is 4. The number of aryl methyl sites for hydroxylation is 1. The van der Waals surface area contributed by atoms with Crippen LogP contribution in [-0.4, -0.2) is 56.9 Å². The molecule has 0 aliphatic carbocycles. The van der Waals surface area contributed by atoms with Crippen LogP contribution in [-0.2, 0) is 17.1 Å². The van der Waals surface area contributed by atoms with Gasteiger partial charge in [0.2, 0.25) is 0 Å². The number of hydrogen-bond donors (Lipinski definition) is 1. The molecule has 0 atom stereocenters. The topological polar surface area (TPSA) is 83.3 Å². The van der Waals surface area contributed by atoms with Gasteiger partial charge in [0.15, 0.2) is 23.0 Å². The van der Waals surface area contributed by atoms with E-state index in [-0.39, 0.29) is 5.75 Å². The summed E-state index contributed by atoms with van der Waals surface area (Å²) in [4.78, 5) is 13.2. The van der Waals surface area contributed by atoms with Crippen LogP contribution in [0.3, 0.4) is 0 Å². The van der Waals surface area contributed by atoms with Gasteiger partial charge in [-0.15, -0.1) is 0 Å². The van der Waals surface area contributed by atoms with Crippen LogP contribution < -0.4 is 24.7 Å². The summed E-state index contributed by atoms with van der Waals surface area (Å²) >= 11 is 0. The van der Waals surface area contributed by atoms with E-state index in [1.807, 2.05) is 6.07 Å². The van der Waals surface area contributed by atoms with Gasteiger partial charge in [0, 0.05) is 5.56 Å². The zero-order valence-electron chi connectivity index (χ0n) is 19.1. The molecule has 3 heterocycles. The highest BCUT2D eigenvalue weighted by Gasteiger charge is 2.39. The second kappa shape index (κ2) is 10.9. The molecule has 0 aromatic heterocycles. The molecule has 34 heavy (non-hydrogen) atoms. The summed E-state index contributed by atoms with van der Waals surface area (Å²) < 4.78 is 48.0. The van der Waals surface area contributed by atoms with E-state index in [4.69, 9.17) is 18.9 Å². The van der Waals surface area contributed by atoms with Crippen molar-refractivity contribution in [3.05, 3.63) is 47.5 Å². The van der Waals surface area contributed by atoms with Gasteiger partial charge in [-0.3, -0.25) is 4.79 Å². The van der Waals surface area contributed by atoms with Gasteiger partial charge in [-0.25, -0.2) is 0 Å². The summed E-state index contributed by atoms with van der Waals surface area (Å²) in [5.41, 5.74) is 5.48. The molecule has 0 saturated carbocycles. The highest BCUT2D eigenvalue weighted by Crippen LogP contribution is 2.36. The number of fused-ring (bicyclic) bond motifs is 2. The molecule has 0 unspecified atom stereocenters. The normalized spacial score (nSPS) is 17.0. The maximum absolute atomic E-state index is 13.3. The first-order valence-electron chi connectivity index (χ1n) is 11.6. The zero-order chi connectivity index (χ0) is 24.0. The summed E-state index contributed by atoms with van der Waals surface area (Å²) in [5, 5.41) is 0. The first-order chi connectivity index (χ1) is 16.4. The lowest BCUT2D eigenvalue weighted by atomic mass is 10.1. The van der Waals surface area contributed by atoms with Crippen LogP contribution in [0.25, 0.3) is 0 Å². The first kappa shape index (κ1) is 24.1. The lowest BCUT2D eigenvalue weighted by Gasteiger charge is -2.20. The Bertz CT molecular complexity index is 995. The number of halogens is 2. The summed E-state index contributed by atoms with van der Waals surface area (Å²) in [6, 6.07) is 9.84. The average molecular weight is 477 g/mol. The van der Waals surface area contributed by atoms with Crippen LogP contribution in [0, 0.1) is 0 Å². The smallest absolute Gasteiger partial charge is 0.349 e. The van der Waals surface area contributed by atoms with Crippen molar-refractivity contribution in [1.29, 1.82) is 0 Å². The summed E-state index contributed by atoms with van der Waals surface area (Å²) in [6.07, 6.45) is 5.13. The molecule has 3 aliphatic heterocycles. The maximum atomic E-state index is 13.3. The Morgan fingerprint density at radius 3 is 2.03 bits per heavy atom. The third-order valence-corrected chi connectivity index (χ3v) is 5.96. The molecule has 0 bridgehead atoms. The Balaban J connectivity index is 0.000000162. The number of amides is 1. The van der Waals surface area contributed by atoms with E-state index in [1.54, 1.807) is 0 Å². The predicted octanol–water partition coefficient (Wildman–Crippen LogP) is 3.52. The fourth-order valence-corrected chi connectivity index (χ4v) is 4.14. The summed E-state index contributed by atoms with van der Waals surface area (Å²) in [7, 11) is 0. The highest BCUT2D eigenvalue weighted by molar-refractivity contribution is 5.83. The molecule has 1 fully saturated rings. The molecule has 2 N–H and O–H groups in total. The number of hydrogen-bond acceptors (Lipinski definition) is 6. The van der Waals surface area contributed by atoms with E-state index in [9.17, 15) is 13.6 Å². The highest BCUT2D eigenvalue weighted by atomic mass is 19.3. The molecule has 1 saturated heterocycles. The second-order valence-electron chi connectivity index (χ2n) is 8.43. The number of nitrogens with two attached hydrogens (primary N) is 1. The maximum Gasteiger partial charge on any atom is 0.349 e. The molecule has 5 rings (SSSR count). The van der Waals surface area contributed by atoms with Crippen LogP contribution >= 0.6 is 0 Å². The van der Waals surface area contributed by atoms with E-state index in [1.165, 1.54) is 50.5 Å². The number of likely N-dealkylation sites (tertiary alicyclic amines) is 1. The first-order valence-corrected chi connectivity index (χ1v) is 11.6.